The molecule has 1 aliphatic rings. The zero-order valence-corrected chi connectivity index (χ0v) is 12.3. The molecule has 0 saturated carbocycles. The fourth-order valence-electron chi connectivity index (χ4n) is 1.34. The quantitative estimate of drug-likeness (QED) is 0.817. The summed E-state index contributed by atoms with van der Waals surface area (Å²) in [5.74, 6) is 1.40. The van der Waals surface area contributed by atoms with E-state index in [4.69, 9.17) is 0 Å². The van der Waals surface area contributed by atoms with Crippen molar-refractivity contribution in [3.05, 3.63) is 0 Å². The monoisotopic (exact) mass is 242 g/mol. The molecule has 1 rings (SSSR count). The molecule has 94 valence electrons. The Kier molecular flexibility index (Phi) is 4.72. The molecule has 0 aromatic carbocycles. The van der Waals surface area contributed by atoms with Crippen molar-refractivity contribution in [1.82, 2.24) is 5.32 Å². The highest BCUT2D eigenvalue weighted by Gasteiger charge is 2.26. The molecule has 0 fully saturated rings. The molecule has 0 aromatic rings. The number of amidine groups is 1. The van der Waals surface area contributed by atoms with Crippen LogP contribution in [0.1, 0.15) is 41.5 Å². The van der Waals surface area contributed by atoms with Crippen molar-refractivity contribution in [1.29, 1.82) is 0 Å². The van der Waals surface area contributed by atoms with Crippen LogP contribution in [0.3, 0.4) is 0 Å². The second kappa shape index (κ2) is 5.44. The van der Waals surface area contributed by atoms with Gasteiger partial charge in [0.25, 0.3) is 0 Å². The maximum absolute atomic E-state index is 4.57. The van der Waals surface area contributed by atoms with Gasteiger partial charge in [-0.25, -0.2) is 0 Å². The van der Waals surface area contributed by atoms with E-state index in [0.29, 0.717) is 22.5 Å². The topological polar surface area (TPSA) is 24.4 Å². The molecule has 16 heavy (non-hydrogen) atoms. The molecule has 0 saturated heterocycles. The maximum Gasteiger partial charge on any atom is 0.156 e. The Labute approximate surface area is 105 Å². The third kappa shape index (κ3) is 3.69. The van der Waals surface area contributed by atoms with E-state index in [-0.39, 0.29) is 0 Å². The summed E-state index contributed by atoms with van der Waals surface area (Å²) in [5, 5.41) is 5.32. The average Bonchev–Trinajstić information content (AvgIpc) is 2.63. The van der Waals surface area contributed by atoms with E-state index >= 15 is 0 Å². The highest BCUT2D eigenvalue weighted by Crippen LogP contribution is 2.28. The molecule has 0 radical (unpaired) electrons. The third-order valence-electron chi connectivity index (χ3n) is 3.68. The first-order valence-corrected chi connectivity index (χ1v) is 7.16. The summed E-state index contributed by atoms with van der Waals surface area (Å²) in [4.78, 5) is 4.57. The Morgan fingerprint density at radius 3 is 2.44 bits per heavy atom. The Morgan fingerprint density at radius 2 is 2.00 bits per heavy atom. The van der Waals surface area contributed by atoms with Crippen molar-refractivity contribution in [2.45, 2.75) is 46.8 Å². The lowest BCUT2D eigenvalue weighted by molar-refractivity contribution is 0.251. The SMILES string of the molecule is CC(C)C1CN=C(NCC(C)(C)C(C)C)S1. The first-order chi connectivity index (χ1) is 7.33. The van der Waals surface area contributed by atoms with Crippen LogP contribution in [0.5, 0.6) is 0 Å². The van der Waals surface area contributed by atoms with Crippen molar-refractivity contribution in [3.63, 3.8) is 0 Å². The normalized spacial score (nSPS) is 21.8. The molecule has 1 atom stereocenters. The van der Waals surface area contributed by atoms with Gasteiger partial charge >= 0.3 is 0 Å². The van der Waals surface area contributed by atoms with Gasteiger partial charge in [-0.05, 0) is 17.3 Å². The van der Waals surface area contributed by atoms with Gasteiger partial charge in [-0.15, -0.1) is 0 Å². The van der Waals surface area contributed by atoms with E-state index in [2.05, 4.69) is 51.9 Å². The largest absolute Gasteiger partial charge is 0.364 e. The van der Waals surface area contributed by atoms with E-state index in [1.807, 2.05) is 11.8 Å². The predicted molar refractivity (Wildman–Crippen MR) is 75.1 cm³/mol. The molecule has 3 heteroatoms. The second-order valence-electron chi connectivity index (χ2n) is 6.04. The van der Waals surface area contributed by atoms with Gasteiger partial charge in [-0.3, -0.25) is 4.99 Å². The summed E-state index contributed by atoms with van der Waals surface area (Å²) in [6.45, 7) is 15.7. The van der Waals surface area contributed by atoms with Gasteiger partial charge < -0.3 is 5.32 Å². The highest BCUT2D eigenvalue weighted by atomic mass is 32.2. The molecular formula is C13H26N2S. The van der Waals surface area contributed by atoms with E-state index < -0.39 is 0 Å². The first-order valence-electron chi connectivity index (χ1n) is 6.28. The summed E-state index contributed by atoms with van der Waals surface area (Å²) >= 11 is 1.91. The van der Waals surface area contributed by atoms with Gasteiger partial charge in [0, 0.05) is 11.8 Å². The number of rotatable bonds is 4. The van der Waals surface area contributed by atoms with Crippen LogP contribution in [-0.4, -0.2) is 23.5 Å². The van der Waals surface area contributed by atoms with E-state index in [9.17, 15) is 0 Å². The summed E-state index contributed by atoms with van der Waals surface area (Å²) in [5.41, 5.74) is 0.332. The third-order valence-corrected chi connectivity index (χ3v) is 5.17. The van der Waals surface area contributed by atoms with Crippen LogP contribution in [0, 0.1) is 17.3 Å². The van der Waals surface area contributed by atoms with Crippen LogP contribution in [0.2, 0.25) is 0 Å². The lowest BCUT2D eigenvalue weighted by Gasteiger charge is -2.29. The molecular weight excluding hydrogens is 216 g/mol. The summed E-state index contributed by atoms with van der Waals surface area (Å²) in [6.07, 6.45) is 0. The van der Waals surface area contributed by atoms with E-state index in [1.54, 1.807) is 0 Å². The molecule has 1 aliphatic heterocycles. The standard InChI is InChI=1S/C13H26N2S/c1-9(2)11-7-14-12(16-11)15-8-13(5,6)10(3)4/h9-11H,7-8H2,1-6H3,(H,14,15). The van der Waals surface area contributed by atoms with Gasteiger partial charge in [0.1, 0.15) is 0 Å². The Balaban J connectivity index is 2.36. The minimum absolute atomic E-state index is 0.332. The van der Waals surface area contributed by atoms with E-state index in [1.165, 1.54) is 0 Å². The van der Waals surface area contributed by atoms with Crippen molar-refractivity contribution in [2.75, 3.05) is 13.1 Å². The summed E-state index contributed by atoms with van der Waals surface area (Å²) in [7, 11) is 0. The summed E-state index contributed by atoms with van der Waals surface area (Å²) in [6, 6.07) is 0. The lowest BCUT2D eigenvalue weighted by atomic mass is 9.81. The van der Waals surface area contributed by atoms with Crippen molar-refractivity contribution in [2.24, 2.45) is 22.2 Å². The summed E-state index contributed by atoms with van der Waals surface area (Å²) < 4.78 is 0. The minimum Gasteiger partial charge on any atom is -0.364 e. The highest BCUT2D eigenvalue weighted by molar-refractivity contribution is 8.14. The van der Waals surface area contributed by atoms with Crippen LogP contribution in [-0.2, 0) is 0 Å². The second-order valence-corrected chi connectivity index (χ2v) is 7.27. The van der Waals surface area contributed by atoms with Gasteiger partial charge in [0.05, 0.1) is 6.54 Å². The Hall–Kier alpha value is -0.180. The Morgan fingerprint density at radius 1 is 1.38 bits per heavy atom. The number of nitrogens with zero attached hydrogens (tertiary/aromatic N) is 1. The van der Waals surface area contributed by atoms with Crippen LogP contribution in [0.25, 0.3) is 0 Å². The van der Waals surface area contributed by atoms with Crippen molar-refractivity contribution >= 4 is 16.9 Å². The molecule has 2 nitrogen and oxygen atoms in total. The zero-order chi connectivity index (χ0) is 12.3. The molecule has 1 unspecified atom stereocenters. The van der Waals surface area contributed by atoms with Crippen molar-refractivity contribution < 1.29 is 0 Å². The van der Waals surface area contributed by atoms with Gasteiger partial charge in [-0.2, -0.15) is 0 Å². The smallest absolute Gasteiger partial charge is 0.156 e. The molecule has 0 bridgehead atoms. The maximum atomic E-state index is 4.57. The lowest BCUT2D eigenvalue weighted by Crippen LogP contribution is -2.35. The predicted octanol–water partition coefficient (Wildman–Crippen LogP) is 3.39. The van der Waals surface area contributed by atoms with Crippen LogP contribution >= 0.6 is 11.8 Å². The molecule has 0 spiro atoms. The van der Waals surface area contributed by atoms with Gasteiger partial charge in [-0.1, -0.05) is 53.3 Å². The van der Waals surface area contributed by atoms with Crippen LogP contribution in [0.4, 0.5) is 0 Å². The minimum atomic E-state index is 0.332. The average molecular weight is 242 g/mol. The number of hydrogen-bond donors (Lipinski definition) is 1. The molecule has 0 aliphatic carbocycles. The van der Waals surface area contributed by atoms with Crippen molar-refractivity contribution in [3.8, 4) is 0 Å². The number of aliphatic imine (C=N–C) groups is 1. The number of thioether (sulfide) groups is 1. The molecule has 1 N–H and O–H groups in total. The fraction of sp³-hybridized carbons (Fsp3) is 0.923. The van der Waals surface area contributed by atoms with Crippen LogP contribution in [0.15, 0.2) is 4.99 Å². The fourth-order valence-corrected chi connectivity index (χ4v) is 2.36. The first kappa shape index (κ1) is 13.9. The number of hydrogen-bond acceptors (Lipinski definition) is 3. The van der Waals surface area contributed by atoms with Gasteiger partial charge in [0.15, 0.2) is 5.17 Å². The van der Waals surface area contributed by atoms with Crippen LogP contribution < -0.4 is 5.32 Å². The number of nitrogens with one attached hydrogen (secondary N) is 1. The zero-order valence-electron chi connectivity index (χ0n) is 11.5. The Bertz CT molecular complexity index is 257. The molecule has 0 aromatic heterocycles. The molecule has 1 heterocycles. The molecule has 0 amide bonds. The van der Waals surface area contributed by atoms with Gasteiger partial charge in [0.2, 0.25) is 0 Å². The van der Waals surface area contributed by atoms with E-state index in [0.717, 1.165) is 18.3 Å².